The van der Waals surface area contributed by atoms with Crippen molar-refractivity contribution < 1.29 is 14.3 Å². The third kappa shape index (κ3) is 4.41. The molecule has 0 fully saturated rings. The van der Waals surface area contributed by atoms with Crippen LogP contribution in [0, 0.1) is 0 Å². The number of fused-ring (bicyclic) bond motifs is 1. The van der Waals surface area contributed by atoms with E-state index in [1.165, 1.54) is 5.39 Å². The lowest BCUT2D eigenvalue weighted by molar-refractivity contribution is 0.247. The van der Waals surface area contributed by atoms with Gasteiger partial charge in [0.05, 0.1) is 19.3 Å². The molecule has 2 N–H and O–H groups in total. The topological polar surface area (TPSA) is 59.6 Å². The van der Waals surface area contributed by atoms with E-state index in [9.17, 15) is 4.79 Å². The second kappa shape index (κ2) is 8.06. The highest BCUT2D eigenvalue weighted by atomic mass is 16.5. The SMILES string of the molecule is COc1ccccc1NC(=O)NCCOc1ccc2ccccc2c1. The number of nitrogens with one attached hydrogen (secondary N) is 2. The zero-order chi connectivity index (χ0) is 17.5. The van der Waals surface area contributed by atoms with Crippen molar-refractivity contribution in [3.05, 3.63) is 66.7 Å². The van der Waals surface area contributed by atoms with Gasteiger partial charge in [-0.1, -0.05) is 42.5 Å². The number of hydrogen-bond acceptors (Lipinski definition) is 3. The molecule has 128 valence electrons. The summed E-state index contributed by atoms with van der Waals surface area (Å²) in [5.41, 5.74) is 0.623. The molecule has 0 saturated heterocycles. The molecular weight excluding hydrogens is 316 g/mol. The molecule has 3 aromatic carbocycles. The molecule has 0 aliphatic rings. The average molecular weight is 336 g/mol. The second-order valence-corrected chi connectivity index (χ2v) is 5.44. The number of urea groups is 1. The lowest BCUT2D eigenvalue weighted by Crippen LogP contribution is -2.32. The molecule has 0 radical (unpaired) electrons. The zero-order valence-corrected chi connectivity index (χ0v) is 14.0. The summed E-state index contributed by atoms with van der Waals surface area (Å²) in [6.07, 6.45) is 0. The number of ether oxygens (including phenoxy) is 2. The molecule has 25 heavy (non-hydrogen) atoms. The van der Waals surface area contributed by atoms with Gasteiger partial charge in [-0.2, -0.15) is 0 Å². The van der Waals surface area contributed by atoms with Crippen LogP contribution in [0.15, 0.2) is 66.7 Å². The van der Waals surface area contributed by atoms with Crippen LogP contribution in [0.25, 0.3) is 10.8 Å². The first-order valence-electron chi connectivity index (χ1n) is 8.06. The summed E-state index contributed by atoms with van der Waals surface area (Å²) < 4.78 is 10.9. The molecule has 0 heterocycles. The summed E-state index contributed by atoms with van der Waals surface area (Å²) >= 11 is 0. The molecular formula is C20H20N2O3. The molecule has 5 nitrogen and oxygen atoms in total. The first-order valence-corrected chi connectivity index (χ1v) is 8.06. The van der Waals surface area contributed by atoms with Crippen molar-refractivity contribution in [2.75, 3.05) is 25.6 Å². The van der Waals surface area contributed by atoms with Crippen LogP contribution in [-0.2, 0) is 0 Å². The van der Waals surface area contributed by atoms with Crippen LogP contribution in [0.3, 0.4) is 0 Å². The Morgan fingerprint density at radius 1 is 0.960 bits per heavy atom. The number of amides is 2. The third-order valence-electron chi connectivity index (χ3n) is 3.73. The van der Waals surface area contributed by atoms with E-state index in [1.54, 1.807) is 19.2 Å². The van der Waals surface area contributed by atoms with Gasteiger partial charge >= 0.3 is 6.03 Å². The fraction of sp³-hybridized carbons (Fsp3) is 0.150. The maximum Gasteiger partial charge on any atom is 0.319 e. The fourth-order valence-corrected chi connectivity index (χ4v) is 2.51. The molecule has 0 spiro atoms. The van der Waals surface area contributed by atoms with E-state index in [-0.39, 0.29) is 6.03 Å². The maximum absolute atomic E-state index is 11.9. The van der Waals surface area contributed by atoms with Gasteiger partial charge in [-0.05, 0) is 35.0 Å². The molecule has 0 aliphatic heterocycles. The van der Waals surface area contributed by atoms with Gasteiger partial charge in [0.25, 0.3) is 0 Å². The van der Waals surface area contributed by atoms with Gasteiger partial charge in [0, 0.05) is 0 Å². The van der Waals surface area contributed by atoms with Gasteiger partial charge in [0.1, 0.15) is 18.1 Å². The highest BCUT2D eigenvalue weighted by molar-refractivity contribution is 5.90. The van der Waals surface area contributed by atoms with Gasteiger partial charge in [0.2, 0.25) is 0 Å². The molecule has 0 aromatic heterocycles. The first kappa shape index (κ1) is 16.6. The number of carbonyl (C=O) groups excluding carboxylic acids is 1. The van der Waals surface area contributed by atoms with Crippen molar-refractivity contribution in [2.24, 2.45) is 0 Å². The molecule has 0 unspecified atom stereocenters. The largest absolute Gasteiger partial charge is 0.495 e. The van der Waals surface area contributed by atoms with E-state index in [0.717, 1.165) is 11.1 Å². The molecule has 3 rings (SSSR count). The minimum Gasteiger partial charge on any atom is -0.495 e. The van der Waals surface area contributed by atoms with Crippen molar-refractivity contribution in [1.29, 1.82) is 0 Å². The van der Waals surface area contributed by atoms with Crippen molar-refractivity contribution in [1.82, 2.24) is 5.32 Å². The Labute approximate surface area is 146 Å². The van der Waals surface area contributed by atoms with Gasteiger partial charge in [0.15, 0.2) is 0 Å². The second-order valence-electron chi connectivity index (χ2n) is 5.44. The van der Waals surface area contributed by atoms with E-state index in [4.69, 9.17) is 9.47 Å². The minimum atomic E-state index is -0.299. The Hall–Kier alpha value is -3.21. The summed E-state index contributed by atoms with van der Waals surface area (Å²) in [4.78, 5) is 11.9. The van der Waals surface area contributed by atoms with Crippen LogP contribution in [0.2, 0.25) is 0 Å². The number of carbonyl (C=O) groups is 1. The highest BCUT2D eigenvalue weighted by Gasteiger charge is 2.06. The monoisotopic (exact) mass is 336 g/mol. The van der Waals surface area contributed by atoms with E-state index >= 15 is 0 Å². The Bertz CT molecular complexity index is 864. The van der Waals surface area contributed by atoms with E-state index in [2.05, 4.69) is 16.7 Å². The van der Waals surface area contributed by atoms with Gasteiger partial charge in [-0.25, -0.2) is 4.79 Å². The quantitative estimate of drug-likeness (QED) is 0.668. The zero-order valence-electron chi connectivity index (χ0n) is 14.0. The summed E-state index contributed by atoms with van der Waals surface area (Å²) in [6, 6.07) is 21.0. The molecule has 3 aromatic rings. The number of para-hydroxylation sites is 2. The van der Waals surface area contributed by atoms with E-state index in [1.807, 2.05) is 48.5 Å². The molecule has 5 heteroatoms. The number of rotatable bonds is 6. The number of hydrogen-bond donors (Lipinski definition) is 2. The van der Waals surface area contributed by atoms with Crippen LogP contribution in [0.4, 0.5) is 10.5 Å². The maximum atomic E-state index is 11.9. The average Bonchev–Trinajstić information content (AvgIpc) is 2.65. The van der Waals surface area contributed by atoms with Crippen LogP contribution in [0.1, 0.15) is 0 Å². The number of anilines is 1. The normalized spacial score (nSPS) is 10.3. The molecule has 0 aliphatic carbocycles. The Kier molecular flexibility index (Phi) is 5.36. The van der Waals surface area contributed by atoms with Crippen molar-refractivity contribution in [3.63, 3.8) is 0 Å². The molecule has 0 saturated carbocycles. The number of methoxy groups -OCH3 is 1. The smallest absolute Gasteiger partial charge is 0.319 e. The van der Waals surface area contributed by atoms with E-state index < -0.39 is 0 Å². The summed E-state index contributed by atoms with van der Waals surface area (Å²) in [7, 11) is 1.57. The van der Waals surface area contributed by atoms with Crippen LogP contribution < -0.4 is 20.1 Å². The predicted octanol–water partition coefficient (Wildman–Crippen LogP) is 4.05. The summed E-state index contributed by atoms with van der Waals surface area (Å²) in [6.45, 7) is 0.783. The van der Waals surface area contributed by atoms with Crippen LogP contribution in [-0.4, -0.2) is 26.3 Å². The fourth-order valence-electron chi connectivity index (χ4n) is 2.51. The Balaban J connectivity index is 1.46. The lowest BCUT2D eigenvalue weighted by Gasteiger charge is -2.11. The van der Waals surface area contributed by atoms with E-state index in [0.29, 0.717) is 24.6 Å². The van der Waals surface area contributed by atoms with Crippen LogP contribution in [0.5, 0.6) is 11.5 Å². The van der Waals surface area contributed by atoms with Crippen molar-refractivity contribution in [2.45, 2.75) is 0 Å². The first-order chi connectivity index (χ1) is 12.3. The standard InChI is InChI=1S/C20H20N2O3/c1-24-19-9-5-4-8-18(19)22-20(23)21-12-13-25-17-11-10-15-6-2-3-7-16(15)14-17/h2-11,14H,12-13H2,1H3,(H2,21,22,23). The van der Waals surface area contributed by atoms with Crippen molar-refractivity contribution in [3.8, 4) is 11.5 Å². The summed E-state index contributed by atoms with van der Waals surface area (Å²) in [5.74, 6) is 1.40. The Morgan fingerprint density at radius 3 is 2.56 bits per heavy atom. The van der Waals surface area contributed by atoms with Crippen LogP contribution >= 0.6 is 0 Å². The third-order valence-corrected chi connectivity index (χ3v) is 3.73. The number of benzene rings is 3. The lowest BCUT2D eigenvalue weighted by atomic mass is 10.1. The summed E-state index contributed by atoms with van der Waals surface area (Å²) in [5, 5.41) is 7.81. The molecule has 0 atom stereocenters. The Morgan fingerprint density at radius 2 is 1.72 bits per heavy atom. The van der Waals surface area contributed by atoms with Gasteiger partial charge < -0.3 is 20.1 Å². The predicted molar refractivity (Wildman–Crippen MR) is 99.5 cm³/mol. The minimum absolute atomic E-state index is 0.299. The van der Waals surface area contributed by atoms with Gasteiger partial charge in [-0.15, -0.1) is 0 Å². The van der Waals surface area contributed by atoms with Gasteiger partial charge in [-0.3, -0.25) is 0 Å². The highest BCUT2D eigenvalue weighted by Crippen LogP contribution is 2.23. The molecule has 2 amide bonds. The molecule has 0 bridgehead atoms. The van der Waals surface area contributed by atoms with Crippen molar-refractivity contribution >= 4 is 22.5 Å².